The standard InChI is InChI=1S/C23H20N8O/c1-30(15-16-5-3-2-4-6-16)21-12-20(17-13-25-26-14-17)31-22(28-21)11-19(29-31)23(32)27-18-7-9-24-10-8-18/h2-14H,15H2,1H3,(H,25,26)(H,24,27,32). The highest BCUT2D eigenvalue weighted by molar-refractivity contribution is 6.03. The van der Waals surface area contributed by atoms with Gasteiger partial charge >= 0.3 is 0 Å². The first-order chi connectivity index (χ1) is 15.7. The van der Waals surface area contributed by atoms with Crippen molar-refractivity contribution in [1.29, 1.82) is 0 Å². The second kappa shape index (κ2) is 8.31. The Hall–Kier alpha value is -4.53. The first-order valence-electron chi connectivity index (χ1n) is 10.0. The molecule has 0 aliphatic heterocycles. The van der Waals surface area contributed by atoms with E-state index < -0.39 is 0 Å². The van der Waals surface area contributed by atoms with Crippen molar-refractivity contribution in [2.45, 2.75) is 6.54 Å². The number of pyridine rings is 1. The van der Waals surface area contributed by atoms with E-state index in [1.807, 2.05) is 31.3 Å². The van der Waals surface area contributed by atoms with Crippen LogP contribution in [0.15, 0.2) is 79.4 Å². The molecule has 0 bridgehead atoms. The minimum Gasteiger partial charge on any atom is -0.355 e. The van der Waals surface area contributed by atoms with Gasteiger partial charge in [0.1, 0.15) is 5.82 Å². The third-order valence-corrected chi connectivity index (χ3v) is 5.03. The molecule has 0 unspecified atom stereocenters. The molecule has 32 heavy (non-hydrogen) atoms. The highest BCUT2D eigenvalue weighted by atomic mass is 16.1. The molecule has 0 saturated carbocycles. The summed E-state index contributed by atoms with van der Waals surface area (Å²) in [4.78, 5) is 23.6. The van der Waals surface area contributed by atoms with Crippen LogP contribution >= 0.6 is 0 Å². The van der Waals surface area contributed by atoms with E-state index in [2.05, 4.69) is 42.6 Å². The Kier molecular flexibility index (Phi) is 5.04. The Morgan fingerprint density at radius 2 is 1.94 bits per heavy atom. The second-order valence-corrected chi connectivity index (χ2v) is 7.32. The molecule has 0 atom stereocenters. The number of H-pyrrole nitrogens is 1. The molecule has 1 aromatic carbocycles. The molecule has 1 amide bonds. The highest BCUT2D eigenvalue weighted by Gasteiger charge is 2.18. The van der Waals surface area contributed by atoms with Crippen molar-refractivity contribution in [3.05, 3.63) is 90.6 Å². The Bertz CT molecular complexity index is 1350. The van der Waals surface area contributed by atoms with Gasteiger partial charge in [-0.15, -0.1) is 0 Å². The van der Waals surface area contributed by atoms with Crippen LogP contribution in [0, 0.1) is 0 Å². The zero-order chi connectivity index (χ0) is 21.9. The van der Waals surface area contributed by atoms with E-state index in [1.165, 1.54) is 5.56 Å². The van der Waals surface area contributed by atoms with Crippen molar-refractivity contribution in [3.63, 3.8) is 0 Å². The number of hydrogen-bond acceptors (Lipinski definition) is 6. The lowest BCUT2D eigenvalue weighted by Gasteiger charge is -2.19. The lowest BCUT2D eigenvalue weighted by molar-refractivity contribution is 0.102. The number of rotatable bonds is 6. The SMILES string of the molecule is CN(Cc1ccccc1)c1cc(-c2cn[nH]c2)n2nc(C(=O)Nc3ccncc3)cc2n1. The smallest absolute Gasteiger partial charge is 0.276 e. The van der Waals surface area contributed by atoms with Gasteiger partial charge < -0.3 is 10.2 Å². The van der Waals surface area contributed by atoms with E-state index in [1.54, 1.807) is 47.5 Å². The van der Waals surface area contributed by atoms with E-state index in [4.69, 9.17) is 4.98 Å². The van der Waals surface area contributed by atoms with Crippen LogP contribution in [0.2, 0.25) is 0 Å². The average Bonchev–Trinajstić information content (AvgIpc) is 3.50. The van der Waals surface area contributed by atoms with Gasteiger partial charge in [0.05, 0.1) is 11.9 Å². The number of hydrogen-bond donors (Lipinski definition) is 2. The molecule has 4 heterocycles. The van der Waals surface area contributed by atoms with Gasteiger partial charge in [0.25, 0.3) is 5.91 Å². The third-order valence-electron chi connectivity index (χ3n) is 5.03. The van der Waals surface area contributed by atoms with E-state index in [0.29, 0.717) is 17.9 Å². The van der Waals surface area contributed by atoms with Gasteiger partial charge in [-0.3, -0.25) is 14.9 Å². The molecule has 5 rings (SSSR count). The quantitative estimate of drug-likeness (QED) is 0.433. The van der Waals surface area contributed by atoms with E-state index in [0.717, 1.165) is 17.1 Å². The van der Waals surface area contributed by atoms with Gasteiger partial charge in [0.15, 0.2) is 11.3 Å². The maximum atomic E-state index is 12.8. The zero-order valence-electron chi connectivity index (χ0n) is 17.3. The van der Waals surface area contributed by atoms with Crippen molar-refractivity contribution < 1.29 is 4.79 Å². The summed E-state index contributed by atoms with van der Waals surface area (Å²) in [6.45, 7) is 0.693. The molecular formula is C23H20N8O. The lowest BCUT2D eigenvalue weighted by atomic mass is 10.2. The van der Waals surface area contributed by atoms with Crippen LogP contribution in [0.25, 0.3) is 16.9 Å². The minimum atomic E-state index is -0.320. The fraction of sp³-hybridized carbons (Fsp3) is 0.0870. The molecule has 0 radical (unpaired) electrons. The number of amides is 1. The summed E-state index contributed by atoms with van der Waals surface area (Å²) in [7, 11) is 1.98. The van der Waals surface area contributed by atoms with Crippen LogP contribution < -0.4 is 10.2 Å². The average molecular weight is 424 g/mol. The molecule has 0 aliphatic rings. The maximum absolute atomic E-state index is 12.8. The molecule has 9 nitrogen and oxygen atoms in total. The van der Waals surface area contributed by atoms with E-state index >= 15 is 0 Å². The van der Waals surface area contributed by atoms with E-state index in [-0.39, 0.29) is 11.6 Å². The summed E-state index contributed by atoms with van der Waals surface area (Å²) >= 11 is 0. The zero-order valence-corrected chi connectivity index (χ0v) is 17.3. The van der Waals surface area contributed by atoms with Crippen LogP contribution in [0.5, 0.6) is 0 Å². The van der Waals surface area contributed by atoms with Crippen LogP contribution in [0.4, 0.5) is 11.5 Å². The topological polar surface area (TPSA) is 104 Å². The predicted octanol–water partition coefficient (Wildman–Crippen LogP) is 3.40. The summed E-state index contributed by atoms with van der Waals surface area (Å²) in [5, 5.41) is 14.2. The second-order valence-electron chi connectivity index (χ2n) is 7.32. The molecule has 158 valence electrons. The van der Waals surface area contributed by atoms with Crippen molar-refractivity contribution in [2.24, 2.45) is 0 Å². The fourth-order valence-corrected chi connectivity index (χ4v) is 3.43. The Labute approximate surface area is 183 Å². The number of carbonyl (C=O) groups is 1. The Balaban J connectivity index is 1.53. The number of nitrogens with one attached hydrogen (secondary N) is 2. The monoisotopic (exact) mass is 424 g/mol. The normalized spacial score (nSPS) is 10.9. The fourth-order valence-electron chi connectivity index (χ4n) is 3.43. The number of anilines is 2. The highest BCUT2D eigenvalue weighted by Crippen LogP contribution is 2.25. The minimum absolute atomic E-state index is 0.266. The molecule has 0 saturated heterocycles. The number of fused-ring (bicyclic) bond motifs is 1. The molecule has 2 N–H and O–H groups in total. The Morgan fingerprint density at radius 1 is 1.12 bits per heavy atom. The van der Waals surface area contributed by atoms with Gasteiger partial charge in [0, 0.05) is 55.6 Å². The number of aromatic nitrogens is 6. The third kappa shape index (κ3) is 3.91. The van der Waals surface area contributed by atoms with Gasteiger partial charge in [-0.25, -0.2) is 9.50 Å². The molecule has 9 heteroatoms. The maximum Gasteiger partial charge on any atom is 0.276 e. The number of aromatic amines is 1. The number of nitrogens with zero attached hydrogens (tertiary/aromatic N) is 6. The van der Waals surface area contributed by atoms with Crippen molar-refractivity contribution in [1.82, 2.24) is 29.8 Å². The van der Waals surface area contributed by atoms with Gasteiger partial charge in [-0.05, 0) is 17.7 Å². The van der Waals surface area contributed by atoms with Crippen molar-refractivity contribution in [3.8, 4) is 11.3 Å². The lowest BCUT2D eigenvalue weighted by Crippen LogP contribution is -2.18. The summed E-state index contributed by atoms with van der Waals surface area (Å²) in [6, 6.07) is 17.2. The van der Waals surface area contributed by atoms with Crippen LogP contribution in [-0.2, 0) is 6.54 Å². The summed E-state index contributed by atoms with van der Waals surface area (Å²) < 4.78 is 1.66. The Morgan fingerprint density at radius 3 is 2.69 bits per heavy atom. The van der Waals surface area contributed by atoms with E-state index in [9.17, 15) is 4.79 Å². The van der Waals surface area contributed by atoms with Gasteiger partial charge in [0.2, 0.25) is 0 Å². The molecule has 0 aliphatic carbocycles. The number of benzene rings is 1. The molecule has 5 aromatic rings. The summed E-state index contributed by atoms with van der Waals surface area (Å²) in [5.74, 6) is 0.442. The molecule has 0 fully saturated rings. The van der Waals surface area contributed by atoms with Gasteiger partial charge in [-0.2, -0.15) is 10.2 Å². The number of carbonyl (C=O) groups excluding carboxylic acids is 1. The van der Waals surface area contributed by atoms with Crippen LogP contribution in [-0.4, -0.2) is 42.7 Å². The molecular weight excluding hydrogens is 404 g/mol. The van der Waals surface area contributed by atoms with Gasteiger partial charge in [-0.1, -0.05) is 30.3 Å². The predicted molar refractivity (Wildman–Crippen MR) is 121 cm³/mol. The van der Waals surface area contributed by atoms with Crippen LogP contribution in [0.3, 0.4) is 0 Å². The first kappa shape index (κ1) is 19.4. The van der Waals surface area contributed by atoms with Crippen molar-refractivity contribution >= 4 is 23.1 Å². The summed E-state index contributed by atoms with van der Waals surface area (Å²) in [5.41, 5.74) is 4.28. The summed E-state index contributed by atoms with van der Waals surface area (Å²) in [6.07, 6.45) is 6.74. The first-order valence-corrected chi connectivity index (χ1v) is 10.0. The molecule has 0 spiro atoms. The largest absolute Gasteiger partial charge is 0.355 e. The van der Waals surface area contributed by atoms with Crippen LogP contribution in [0.1, 0.15) is 16.1 Å². The van der Waals surface area contributed by atoms with Crippen molar-refractivity contribution in [2.75, 3.05) is 17.3 Å². The molecule has 4 aromatic heterocycles.